The van der Waals surface area contributed by atoms with E-state index in [2.05, 4.69) is 10.3 Å². The summed E-state index contributed by atoms with van der Waals surface area (Å²) in [4.78, 5) is 15.7. The number of alkyl halides is 1. The van der Waals surface area contributed by atoms with Gasteiger partial charge in [-0.15, -0.1) is 11.6 Å². The van der Waals surface area contributed by atoms with Crippen LogP contribution in [-0.2, 0) is 0 Å². The van der Waals surface area contributed by atoms with Gasteiger partial charge in [-0.1, -0.05) is 36.4 Å². The van der Waals surface area contributed by atoms with E-state index >= 15 is 0 Å². The van der Waals surface area contributed by atoms with E-state index in [1.165, 1.54) is 0 Å². The van der Waals surface area contributed by atoms with Gasteiger partial charge in [0.2, 0.25) is 0 Å². The van der Waals surface area contributed by atoms with Crippen molar-refractivity contribution in [2.45, 2.75) is 5.38 Å². The molecule has 2 aromatic rings. The van der Waals surface area contributed by atoms with Gasteiger partial charge < -0.3 is 5.32 Å². The van der Waals surface area contributed by atoms with Gasteiger partial charge in [0.05, 0.1) is 5.38 Å². The van der Waals surface area contributed by atoms with Crippen LogP contribution in [-0.4, -0.2) is 17.4 Å². The van der Waals surface area contributed by atoms with Crippen LogP contribution < -0.4 is 5.32 Å². The first-order valence-corrected chi connectivity index (χ1v) is 6.09. The van der Waals surface area contributed by atoms with Crippen molar-refractivity contribution in [2.75, 3.05) is 6.54 Å². The van der Waals surface area contributed by atoms with Crippen molar-refractivity contribution in [3.05, 3.63) is 66.0 Å². The van der Waals surface area contributed by atoms with Crippen LogP contribution in [0.1, 0.15) is 21.4 Å². The van der Waals surface area contributed by atoms with Crippen molar-refractivity contribution >= 4 is 17.5 Å². The molecule has 0 bridgehead atoms. The molecule has 0 aliphatic rings. The zero-order chi connectivity index (χ0) is 12.8. The Morgan fingerprint density at radius 3 is 2.56 bits per heavy atom. The first-order valence-electron chi connectivity index (χ1n) is 5.65. The van der Waals surface area contributed by atoms with E-state index in [0.29, 0.717) is 12.2 Å². The molecule has 0 spiro atoms. The maximum Gasteiger partial charge on any atom is 0.269 e. The standard InChI is InChI=1S/C14H13ClN2O/c15-12(11-6-2-1-3-7-11)10-17-14(18)13-8-4-5-9-16-13/h1-9,12H,10H2,(H,17,18). The Hall–Kier alpha value is -1.87. The Balaban J connectivity index is 1.91. The van der Waals surface area contributed by atoms with Gasteiger partial charge in [-0.2, -0.15) is 0 Å². The molecular weight excluding hydrogens is 248 g/mol. The molecule has 3 nitrogen and oxygen atoms in total. The van der Waals surface area contributed by atoms with Crippen LogP contribution in [0.25, 0.3) is 0 Å². The molecule has 1 heterocycles. The number of rotatable bonds is 4. The molecule has 92 valence electrons. The number of benzene rings is 1. The molecule has 1 aromatic heterocycles. The van der Waals surface area contributed by atoms with Crippen LogP contribution in [0.4, 0.5) is 0 Å². The summed E-state index contributed by atoms with van der Waals surface area (Å²) in [7, 11) is 0. The van der Waals surface area contributed by atoms with Crippen LogP contribution in [0.15, 0.2) is 54.7 Å². The number of halogens is 1. The van der Waals surface area contributed by atoms with E-state index in [9.17, 15) is 4.79 Å². The van der Waals surface area contributed by atoms with Crippen LogP contribution in [0, 0.1) is 0 Å². The van der Waals surface area contributed by atoms with Crippen molar-refractivity contribution in [3.8, 4) is 0 Å². The van der Waals surface area contributed by atoms with Gasteiger partial charge in [0.15, 0.2) is 0 Å². The largest absolute Gasteiger partial charge is 0.349 e. The van der Waals surface area contributed by atoms with Crippen molar-refractivity contribution < 1.29 is 4.79 Å². The molecule has 18 heavy (non-hydrogen) atoms. The van der Waals surface area contributed by atoms with E-state index in [-0.39, 0.29) is 11.3 Å². The maximum atomic E-state index is 11.7. The van der Waals surface area contributed by atoms with Gasteiger partial charge in [-0.25, -0.2) is 0 Å². The number of pyridine rings is 1. The molecule has 2 rings (SSSR count). The Morgan fingerprint density at radius 1 is 1.17 bits per heavy atom. The zero-order valence-electron chi connectivity index (χ0n) is 9.71. The van der Waals surface area contributed by atoms with Gasteiger partial charge in [0.1, 0.15) is 5.69 Å². The number of amides is 1. The molecule has 0 saturated heterocycles. The maximum absolute atomic E-state index is 11.7. The highest BCUT2D eigenvalue weighted by atomic mass is 35.5. The summed E-state index contributed by atoms with van der Waals surface area (Å²) in [6.45, 7) is 0.376. The summed E-state index contributed by atoms with van der Waals surface area (Å²) in [5.41, 5.74) is 1.38. The van der Waals surface area contributed by atoms with Crippen LogP contribution in [0.5, 0.6) is 0 Å². The summed E-state index contributed by atoms with van der Waals surface area (Å²) in [5.74, 6) is -0.211. The highest BCUT2D eigenvalue weighted by molar-refractivity contribution is 6.21. The van der Waals surface area contributed by atoms with Gasteiger partial charge in [-0.3, -0.25) is 9.78 Å². The number of carbonyl (C=O) groups excluding carboxylic acids is 1. The quantitative estimate of drug-likeness (QED) is 0.859. The SMILES string of the molecule is O=C(NCC(Cl)c1ccccc1)c1ccccn1. The predicted octanol–water partition coefficient (Wildman–Crippen LogP) is 2.79. The van der Waals surface area contributed by atoms with Crippen LogP contribution >= 0.6 is 11.6 Å². The highest BCUT2D eigenvalue weighted by Crippen LogP contribution is 2.18. The minimum atomic E-state index is -0.237. The Morgan fingerprint density at radius 2 is 1.89 bits per heavy atom. The smallest absolute Gasteiger partial charge is 0.269 e. The lowest BCUT2D eigenvalue weighted by atomic mass is 10.1. The summed E-state index contributed by atoms with van der Waals surface area (Å²) in [6.07, 6.45) is 1.59. The molecule has 0 radical (unpaired) electrons. The molecule has 0 fully saturated rings. The average molecular weight is 261 g/mol. The molecule has 1 unspecified atom stereocenters. The Kier molecular flexibility index (Phi) is 4.31. The predicted molar refractivity (Wildman–Crippen MR) is 71.6 cm³/mol. The third kappa shape index (κ3) is 3.31. The third-order valence-electron chi connectivity index (χ3n) is 2.50. The lowest BCUT2D eigenvalue weighted by molar-refractivity contribution is 0.0948. The second kappa shape index (κ2) is 6.17. The fourth-order valence-electron chi connectivity index (χ4n) is 1.55. The highest BCUT2D eigenvalue weighted by Gasteiger charge is 2.10. The molecule has 4 heteroatoms. The summed E-state index contributed by atoms with van der Waals surface area (Å²) >= 11 is 6.20. The van der Waals surface area contributed by atoms with Gasteiger partial charge >= 0.3 is 0 Å². The Labute approximate surface area is 111 Å². The molecule has 0 saturated carbocycles. The molecule has 0 aliphatic carbocycles. The second-order valence-corrected chi connectivity index (χ2v) is 4.33. The molecule has 1 N–H and O–H groups in total. The van der Waals surface area contributed by atoms with E-state index < -0.39 is 0 Å². The van der Waals surface area contributed by atoms with Crippen molar-refractivity contribution in [3.63, 3.8) is 0 Å². The summed E-state index contributed by atoms with van der Waals surface area (Å²) in [6, 6.07) is 14.9. The van der Waals surface area contributed by atoms with Gasteiger partial charge in [-0.05, 0) is 17.7 Å². The lowest BCUT2D eigenvalue weighted by Gasteiger charge is -2.10. The first-order chi connectivity index (χ1) is 8.77. The Bertz CT molecular complexity index is 502. The fourth-order valence-corrected chi connectivity index (χ4v) is 1.77. The second-order valence-electron chi connectivity index (χ2n) is 3.80. The number of carbonyl (C=O) groups is 1. The minimum absolute atomic E-state index is 0.211. The van der Waals surface area contributed by atoms with Crippen molar-refractivity contribution in [1.82, 2.24) is 10.3 Å². The first kappa shape index (κ1) is 12.6. The average Bonchev–Trinajstić information content (AvgIpc) is 2.46. The monoisotopic (exact) mass is 260 g/mol. The normalized spacial score (nSPS) is 11.8. The van der Waals surface area contributed by atoms with E-state index in [1.54, 1.807) is 24.4 Å². The summed E-state index contributed by atoms with van der Waals surface area (Å²) in [5, 5.41) is 2.53. The van der Waals surface area contributed by atoms with E-state index in [4.69, 9.17) is 11.6 Å². The summed E-state index contributed by atoms with van der Waals surface area (Å²) < 4.78 is 0. The minimum Gasteiger partial charge on any atom is -0.349 e. The molecule has 1 amide bonds. The fraction of sp³-hybridized carbons (Fsp3) is 0.143. The van der Waals surface area contributed by atoms with Crippen LogP contribution in [0.2, 0.25) is 0 Å². The van der Waals surface area contributed by atoms with Gasteiger partial charge in [0, 0.05) is 12.7 Å². The number of aromatic nitrogens is 1. The van der Waals surface area contributed by atoms with Crippen molar-refractivity contribution in [1.29, 1.82) is 0 Å². The lowest BCUT2D eigenvalue weighted by Crippen LogP contribution is -2.27. The number of nitrogens with one attached hydrogen (secondary N) is 1. The van der Waals surface area contributed by atoms with Crippen molar-refractivity contribution in [2.24, 2.45) is 0 Å². The number of hydrogen-bond acceptors (Lipinski definition) is 2. The third-order valence-corrected chi connectivity index (χ3v) is 2.91. The number of hydrogen-bond donors (Lipinski definition) is 1. The van der Waals surface area contributed by atoms with E-state index in [0.717, 1.165) is 5.56 Å². The number of nitrogens with zero attached hydrogens (tertiary/aromatic N) is 1. The van der Waals surface area contributed by atoms with E-state index in [1.807, 2.05) is 30.3 Å². The molecule has 1 aromatic carbocycles. The van der Waals surface area contributed by atoms with Crippen LogP contribution in [0.3, 0.4) is 0 Å². The topological polar surface area (TPSA) is 42.0 Å². The molecule has 1 atom stereocenters. The molecular formula is C14H13ClN2O. The zero-order valence-corrected chi connectivity index (χ0v) is 10.5. The molecule has 0 aliphatic heterocycles. The van der Waals surface area contributed by atoms with Gasteiger partial charge in [0.25, 0.3) is 5.91 Å².